The van der Waals surface area contributed by atoms with E-state index in [4.69, 9.17) is 12.8 Å². The summed E-state index contributed by atoms with van der Waals surface area (Å²) in [4.78, 5) is 30.9. The van der Waals surface area contributed by atoms with Gasteiger partial charge in [0.2, 0.25) is 0 Å². The van der Waals surface area contributed by atoms with Crippen LogP contribution in [-0.2, 0) is 0 Å². The lowest BCUT2D eigenvalue weighted by Gasteiger charge is -2.18. The predicted molar refractivity (Wildman–Crippen MR) is 113 cm³/mol. The highest BCUT2D eigenvalue weighted by Gasteiger charge is 2.24. The molecule has 8 nitrogen and oxygen atoms in total. The van der Waals surface area contributed by atoms with Crippen molar-refractivity contribution >= 4 is 11.0 Å². The van der Waals surface area contributed by atoms with E-state index in [2.05, 4.69) is 27.1 Å². The van der Waals surface area contributed by atoms with E-state index in [9.17, 15) is 18.4 Å². The fraction of sp³-hybridized carbons (Fsp3) is 0.136. The van der Waals surface area contributed by atoms with Crippen molar-refractivity contribution < 1.29 is 8.78 Å². The SMILES string of the molecule is C#CC(C#C)n1c(C)c(-n2nnc3cc(F)c(F)cc32)c(=O)n(-c2cncc(C)c2)c1=O. The number of fused-ring (bicyclic) bond motifs is 1. The van der Waals surface area contributed by atoms with Gasteiger partial charge in [-0.1, -0.05) is 17.1 Å². The summed E-state index contributed by atoms with van der Waals surface area (Å²) < 4.78 is 30.5. The molecule has 10 heteroatoms. The number of pyridine rings is 1. The zero-order chi connectivity index (χ0) is 23.2. The molecule has 4 rings (SSSR count). The van der Waals surface area contributed by atoms with E-state index >= 15 is 0 Å². The molecule has 0 saturated carbocycles. The Labute approximate surface area is 179 Å². The molecule has 3 aromatic heterocycles. The summed E-state index contributed by atoms with van der Waals surface area (Å²) in [6.07, 6.45) is 13.9. The van der Waals surface area contributed by atoms with Crippen LogP contribution in [0.2, 0.25) is 0 Å². The number of aromatic nitrogens is 6. The number of hydrogen-bond donors (Lipinski definition) is 0. The Kier molecular flexibility index (Phi) is 4.91. The molecular weight excluding hydrogens is 418 g/mol. The fourth-order valence-electron chi connectivity index (χ4n) is 3.43. The van der Waals surface area contributed by atoms with Crippen LogP contribution in [0.4, 0.5) is 8.78 Å². The average molecular weight is 432 g/mol. The Morgan fingerprint density at radius 2 is 1.72 bits per heavy atom. The van der Waals surface area contributed by atoms with Gasteiger partial charge in [0.05, 0.1) is 23.1 Å². The number of benzene rings is 1. The van der Waals surface area contributed by atoms with Gasteiger partial charge in [-0.2, -0.15) is 0 Å². The standard InChI is InChI=1S/C22H14F2N6O2/c1-5-14(6-2)28-13(4)20(30-19-9-17(24)16(23)8-18(19)26-27-30)21(31)29(22(28)32)15-7-12(3)10-25-11-15/h1-2,7-11,14H,3-4H3. The minimum Gasteiger partial charge on any atom is -0.270 e. The highest BCUT2D eigenvalue weighted by Crippen LogP contribution is 2.21. The lowest BCUT2D eigenvalue weighted by molar-refractivity contribution is 0.510. The van der Waals surface area contributed by atoms with Crippen molar-refractivity contribution in [3.05, 3.63) is 74.3 Å². The smallest absolute Gasteiger partial charge is 0.270 e. The van der Waals surface area contributed by atoms with Crippen LogP contribution in [0.25, 0.3) is 22.4 Å². The van der Waals surface area contributed by atoms with Gasteiger partial charge >= 0.3 is 5.69 Å². The second-order valence-corrected chi connectivity index (χ2v) is 6.94. The molecule has 4 aromatic rings. The number of aryl methyl sites for hydroxylation is 1. The normalized spacial score (nSPS) is 11.0. The molecule has 0 radical (unpaired) electrons. The molecule has 32 heavy (non-hydrogen) atoms. The molecule has 3 heterocycles. The second kappa shape index (κ2) is 7.60. The van der Waals surface area contributed by atoms with Gasteiger partial charge in [0.1, 0.15) is 5.52 Å². The van der Waals surface area contributed by atoms with Gasteiger partial charge in [-0.05, 0) is 25.5 Å². The highest BCUT2D eigenvalue weighted by molar-refractivity contribution is 5.76. The molecule has 0 N–H and O–H groups in total. The van der Waals surface area contributed by atoms with E-state index in [-0.39, 0.29) is 28.1 Å². The molecule has 0 atom stereocenters. The molecule has 0 fully saturated rings. The average Bonchev–Trinajstić information content (AvgIpc) is 3.14. The van der Waals surface area contributed by atoms with Gasteiger partial charge in [0.25, 0.3) is 5.56 Å². The van der Waals surface area contributed by atoms with E-state index in [1.165, 1.54) is 13.1 Å². The maximum absolute atomic E-state index is 13.9. The van der Waals surface area contributed by atoms with Crippen LogP contribution in [0.3, 0.4) is 0 Å². The van der Waals surface area contributed by atoms with Crippen molar-refractivity contribution in [3.8, 4) is 36.1 Å². The van der Waals surface area contributed by atoms with Crippen molar-refractivity contribution in [2.24, 2.45) is 0 Å². The van der Waals surface area contributed by atoms with Gasteiger partial charge in [0.15, 0.2) is 23.4 Å². The van der Waals surface area contributed by atoms with Crippen molar-refractivity contribution in [3.63, 3.8) is 0 Å². The second-order valence-electron chi connectivity index (χ2n) is 6.94. The number of hydrogen-bond acceptors (Lipinski definition) is 5. The third-order valence-corrected chi connectivity index (χ3v) is 4.90. The minimum absolute atomic E-state index is 0.00896. The number of halogens is 2. The number of terminal acetylenes is 2. The lowest BCUT2D eigenvalue weighted by atomic mass is 10.2. The first-order valence-corrected chi connectivity index (χ1v) is 9.21. The van der Waals surface area contributed by atoms with E-state index in [1.54, 1.807) is 19.2 Å². The van der Waals surface area contributed by atoms with Crippen LogP contribution in [0.5, 0.6) is 0 Å². The highest BCUT2D eigenvalue weighted by atomic mass is 19.2. The molecule has 158 valence electrons. The molecule has 0 aliphatic carbocycles. The topological polar surface area (TPSA) is 87.6 Å². The van der Waals surface area contributed by atoms with Gasteiger partial charge in [-0.15, -0.1) is 17.9 Å². The maximum Gasteiger partial charge on any atom is 0.337 e. The maximum atomic E-state index is 13.9. The van der Waals surface area contributed by atoms with Crippen LogP contribution in [-0.4, -0.2) is 29.1 Å². The molecule has 0 aliphatic heterocycles. The van der Waals surface area contributed by atoms with Gasteiger partial charge < -0.3 is 0 Å². The monoisotopic (exact) mass is 432 g/mol. The first-order valence-electron chi connectivity index (χ1n) is 9.21. The summed E-state index contributed by atoms with van der Waals surface area (Å²) in [5.74, 6) is 2.38. The lowest BCUT2D eigenvalue weighted by Crippen LogP contribution is -2.43. The molecule has 0 spiro atoms. The zero-order valence-electron chi connectivity index (χ0n) is 16.9. The van der Waals surface area contributed by atoms with Crippen LogP contribution in [0.15, 0.2) is 40.2 Å². The van der Waals surface area contributed by atoms with E-state index in [1.807, 2.05) is 0 Å². The summed E-state index contributed by atoms with van der Waals surface area (Å²) in [7, 11) is 0. The van der Waals surface area contributed by atoms with E-state index in [0.29, 0.717) is 5.56 Å². The molecule has 0 amide bonds. The molecule has 0 aliphatic rings. The molecule has 0 unspecified atom stereocenters. The molecule has 0 saturated heterocycles. The summed E-state index contributed by atoms with van der Waals surface area (Å²) >= 11 is 0. The third-order valence-electron chi connectivity index (χ3n) is 4.90. The fourth-order valence-corrected chi connectivity index (χ4v) is 3.43. The minimum atomic E-state index is -1.15. The Hall–Kier alpha value is -4.57. The summed E-state index contributed by atoms with van der Waals surface area (Å²) in [5, 5.41) is 7.70. The number of nitrogens with zero attached hydrogens (tertiary/aromatic N) is 6. The van der Waals surface area contributed by atoms with Gasteiger partial charge in [0, 0.05) is 18.3 Å². The summed E-state index contributed by atoms with van der Waals surface area (Å²) in [5.41, 5.74) is -0.770. The molecule has 0 bridgehead atoms. The van der Waals surface area contributed by atoms with Crippen molar-refractivity contribution in [2.45, 2.75) is 19.9 Å². The van der Waals surface area contributed by atoms with Crippen LogP contribution >= 0.6 is 0 Å². The number of rotatable bonds is 3. The van der Waals surface area contributed by atoms with E-state index < -0.39 is 28.9 Å². The van der Waals surface area contributed by atoms with Crippen LogP contribution in [0.1, 0.15) is 17.3 Å². The first-order chi connectivity index (χ1) is 15.3. The zero-order valence-corrected chi connectivity index (χ0v) is 16.9. The Bertz CT molecular complexity index is 1590. The predicted octanol–water partition coefficient (Wildman–Crippen LogP) is 1.83. The summed E-state index contributed by atoms with van der Waals surface area (Å²) in [6, 6.07) is 2.16. The van der Waals surface area contributed by atoms with Gasteiger partial charge in [-0.25, -0.2) is 22.8 Å². The Morgan fingerprint density at radius 1 is 1.03 bits per heavy atom. The molecule has 1 aromatic carbocycles. The summed E-state index contributed by atoms with van der Waals surface area (Å²) in [6.45, 7) is 3.19. The Morgan fingerprint density at radius 3 is 2.38 bits per heavy atom. The van der Waals surface area contributed by atoms with Crippen LogP contribution < -0.4 is 11.2 Å². The van der Waals surface area contributed by atoms with E-state index in [0.717, 1.165) is 25.9 Å². The van der Waals surface area contributed by atoms with Crippen molar-refractivity contribution in [1.29, 1.82) is 0 Å². The largest absolute Gasteiger partial charge is 0.337 e. The van der Waals surface area contributed by atoms with Crippen molar-refractivity contribution in [1.82, 2.24) is 29.1 Å². The third kappa shape index (κ3) is 3.06. The van der Waals surface area contributed by atoms with Crippen LogP contribution in [0, 0.1) is 50.2 Å². The Balaban J connectivity index is 2.19. The quantitative estimate of drug-likeness (QED) is 0.461. The molecular formula is C22H14F2N6O2. The first kappa shape index (κ1) is 20.7. The van der Waals surface area contributed by atoms with Crippen molar-refractivity contribution in [2.75, 3.05) is 0 Å². The van der Waals surface area contributed by atoms with Gasteiger partial charge in [-0.3, -0.25) is 14.3 Å².